The van der Waals surface area contributed by atoms with E-state index in [-0.39, 0.29) is 40.6 Å². The molecule has 2 aliphatic carbocycles. The number of anilines is 3. The third-order valence-corrected chi connectivity index (χ3v) is 13.0. The van der Waals surface area contributed by atoms with Crippen molar-refractivity contribution in [3.8, 4) is 11.5 Å². The number of carbonyl (C=O) groups excluding carboxylic acids is 4. The van der Waals surface area contributed by atoms with E-state index in [1.54, 1.807) is 30.3 Å². The first kappa shape index (κ1) is 37.6. The highest BCUT2D eigenvalue weighted by molar-refractivity contribution is 6.58. The highest BCUT2D eigenvalue weighted by Gasteiger charge is 2.76. The molecular weight excluding hydrogens is 784 g/mol. The number of azo groups is 1. The molecule has 4 aromatic rings. The molecule has 4 aliphatic rings. The minimum Gasteiger partial charge on any atom is -0.503 e. The van der Waals surface area contributed by atoms with Crippen molar-refractivity contribution >= 4 is 86.9 Å². The van der Waals surface area contributed by atoms with Gasteiger partial charge in [-0.15, -0.1) is 23.2 Å². The summed E-state index contributed by atoms with van der Waals surface area (Å²) < 4.78 is 19.4. The Morgan fingerprint density at radius 2 is 1.41 bits per heavy atom. The molecule has 6 atom stereocenters. The molecule has 0 radical (unpaired) electrons. The fourth-order valence-corrected chi connectivity index (χ4v) is 9.70. The molecule has 4 amide bonds. The number of allylic oxidation sites excluding steroid dienone is 2. The van der Waals surface area contributed by atoms with Crippen LogP contribution in [-0.2, 0) is 19.2 Å². The Kier molecular flexibility index (Phi) is 9.21. The van der Waals surface area contributed by atoms with E-state index in [1.807, 2.05) is 43.3 Å². The molecule has 0 aromatic heterocycles. The minimum atomic E-state index is -2.19. The molecule has 2 aliphatic heterocycles. The summed E-state index contributed by atoms with van der Waals surface area (Å²) in [6.07, 6.45) is 1.64. The molecule has 2 heterocycles. The average molecular weight is 817 g/mol. The molecule has 286 valence electrons. The van der Waals surface area contributed by atoms with Gasteiger partial charge in [-0.2, -0.15) is 10.2 Å². The molecule has 3 fully saturated rings. The average Bonchev–Trinajstić information content (AvgIpc) is 3.53. The maximum Gasteiger partial charge on any atom is 0.258 e. The van der Waals surface area contributed by atoms with Crippen LogP contribution < -0.4 is 19.4 Å². The fraction of sp³-hybridized carbons (Fsp3) is 0.268. The number of phenols is 1. The van der Waals surface area contributed by atoms with Crippen LogP contribution in [0.4, 0.5) is 32.8 Å². The first-order valence-corrected chi connectivity index (χ1v) is 18.8. The maximum atomic E-state index is 14.6. The second-order valence-electron chi connectivity index (χ2n) is 14.4. The number of fused-ring (bicyclic) bond motifs is 4. The van der Waals surface area contributed by atoms with Gasteiger partial charge in [-0.25, -0.2) is 9.29 Å². The predicted octanol–water partition coefficient (Wildman–Crippen LogP) is 8.44. The van der Waals surface area contributed by atoms with Gasteiger partial charge in [-0.3, -0.25) is 24.1 Å². The number of phenolic OH excluding ortho intramolecular Hbond substituents is 1. The lowest BCUT2D eigenvalue weighted by Gasteiger charge is -2.50. The van der Waals surface area contributed by atoms with E-state index in [4.69, 9.17) is 39.5 Å². The van der Waals surface area contributed by atoms with Crippen molar-refractivity contribution in [1.29, 1.82) is 0 Å². The highest BCUT2D eigenvalue weighted by atomic mass is 35.5. The first-order valence-electron chi connectivity index (χ1n) is 17.6. The summed E-state index contributed by atoms with van der Waals surface area (Å²) in [5, 5.41) is 19.1. The molecule has 0 bridgehead atoms. The number of halogens is 4. The molecule has 0 spiro atoms. The number of amides is 4. The number of rotatable bonds is 7. The second kappa shape index (κ2) is 13.7. The Bertz CT molecular complexity index is 2370. The molecule has 2 saturated heterocycles. The van der Waals surface area contributed by atoms with Crippen LogP contribution in [-0.4, -0.2) is 59.7 Å². The van der Waals surface area contributed by atoms with Crippen LogP contribution in [0.15, 0.2) is 107 Å². The molecule has 8 rings (SSSR count). The maximum absolute atomic E-state index is 14.6. The van der Waals surface area contributed by atoms with Gasteiger partial charge in [0.25, 0.3) is 11.8 Å². The molecule has 11 nitrogen and oxygen atoms in total. The van der Waals surface area contributed by atoms with Crippen LogP contribution in [0, 0.1) is 23.6 Å². The third kappa shape index (κ3) is 5.60. The van der Waals surface area contributed by atoms with Crippen molar-refractivity contribution < 1.29 is 33.4 Å². The van der Waals surface area contributed by atoms with E-state index >= 15 is 0 Å². The Hall–Kier alpha value is -5.30. The third-order valence-electron chi connectivity index (χ3n) is 11.3. The zero-order valence-electron chi connectivity index (χ0n) is 30.1. The number of aromatic hydroxyl groups is 1. The Morgan fingerprint density at radius 3 is 2.02 bits per heavy atom. The molecule has 0 unspecified atom stereocenters. The zero-order chi connectivity index (χ0) is 39.8. The summed E-state index contributed by atoms with van der Waals surface area (Å²) in [4.78, 5) is 57.4. The van der Waals surface area contributed by atoms with Gasteiger partial charge in [0.1, 0.15) is 5.82 Å². The van der Waals surface area contributed by atoms with Crippen molar-refractivity contribution in [2.45, 2.75) is 28.5 Å². The summed E-state index contributed by atoms with van der Waals surface area (Å²) in [7, 11) is 5.21. The summed E-state index contributed by atoms with van der Waals surface area (Å²) >= 11 is 21.4. The van der Waals surface area contributed by atoms with E-state index < -0.39 is 62.9 Å². The topological polar surface area (TPSA) is 132 Å². The van der Waals surface area contributed by atoms with Crippen molar-refractivity contribution in [3.63, 3.8) is 0 Å². The molecule has 1 saturated carbocycles. The van der Waals surface area contributed by atoms with Gasteiger partial charge in [0.15, 0.2) is 21.2 Å². The molecule has 56 heavy (non-hydrogen) atoms. The summed E-state index contributed by atoms with van der Waals surface area (Å²) in [6.45, 7) is 0. The molecular formula is C41H33Cl3FN5O6. The quantitative estimate of drug-likeness (QED) is 0.0857. The van der Waals surface area contributed by atoms with E-state index in [2.05, 4.69) is 10.2 Å². The normalized spacial score (nSPS) is 27.0. The smallest absolute Gasteiger partial charge is 0.258 e. The van der Waals surface area contributed by atoms with E-state index in [9.17, 15) is 28.7 Å². The van der Waals surface area contributed by atoms with E-state index in [0.29, 0.717) is 22.6 Å². The van der Waals surface area contributed by atoms with Crippen molar-refractivity contribution in [3.05, 3.63) is 113 Å². The molecule has 1 N–H and O–H groups in total. The number of carbonyl (C=O) groups is 4. The van der Waals surface area contributed by atoms with Crippen LogP contribution >= 0.6 is 34.8 Å². The van der Waals surface area contributed by atoms with Gasteiger partial charge < -0.3 is 14.7 Å². The van der Waals surface area contributed by atoms with Gasteiger partial charge in [0.2, 0.25) is 11.8 Å². The summed E-state index contributed by atoms with van der Waals surface area (Å²) in [5.41, 5.74) is 3.35. The van der Waals surface area contributed by atoms with Gasteiger partial charge >= 0.3 is 0 Å². The summed E-state index contributed by atoms with van der Waals surface area (Å²) in [6, 6.07) is 21.7. The van der Waals surface area contributed by atoms with Crippen molar-refractivity contribution in [2.24, 2.45) is 28.0 Å². The lowest BCUT2D eigenvalue weighted by Crippen LogP contribution is -2.60. The van der Waals surface area contributed by atoms with Gasteiger partial charge in [-0.1, -0.05) is 23.3 Å². The lowest BCUT2D eigenvalue weighted by molar-refractivity contribution is -0.125. The molecule has 15 heteroatoms. The standard InChI is InChI=1S/C41H33Cl3FN5O6/c1-48(2)25-12-6-23(7-13-25)46-47-24-8-14-26(15-9-24)49-36(52)29-17-16-28-30(33(29)37(49)53)20-40(43)38(54)50(27-10-4-22(45)5-11-27)39(55)41(40,44)34(28)21-18-31(42)35(51)32(19-21)56-3/h4-16,18-19,29-30,33-34,51H,17,20H2,1-3H3/t29-,30+,33-,34-,40+,41-/m0/s1. The minimum absolute atomic E-state index is 0.0278. The van der Waals surface area contributed by atoms with Crippen LogP contribution in [0.25, 0.3) is 0 Å². The van der Waals surface area contributed by atoms with Gasteiger partial charge in [0.05, 0.1) is 46.7 Å². The number of imide groups is 2. The van der Waals surface area contributed by atoms with Crippen molar-refractivity contribution in [2.75, 3.05) is 35.9 Å². The largest absolute Gasteiger partial charge is 0.503 e. The number of benzene rings is 4. The number of nitrogens with zero attached hydrogens (tertiary/aromatic N) is 5. The zero-order valence-corrected chi connectivity index (χ0v) is 32.4. The SMILES string of the molecule is COc1cc([C@H]2C3=CC[C@@H]4C(=O)N(c5ccc(N=Nc6ccc(N(C)C)cc6)cc5)C(=O)[C@@H]4[C@@H]3C[C@@]3(Cl)C(=O)N(c4ccc(F)cc4)C(=O)[C@@]23Cl)cc(Cl)c1O. The number of hydrogen-bond acceptors (Lipinski definition) is 9. The van der Waals surface area contributed by atoms with Crippen molar-refractivity contribution in [1.82, 2.24) is 0 Å². The predicted molar refractivity (Wildman–Crippen MR) is 210 cm³/mol. The van der Waals surface area contributed by atoms with Crippen LogP contribution in [0.5, 0.6) is 11.5 Å². The van der Waals surface area contributed by atoms with Crippen LogP contribution in [0.2, 0.25) is 5.02 Å². The Labute approximate surface area is 335 Å². The molecule has 4 aromatic carbocycles. The number of alkyl halides is 2. The fourth-order valence-electron chi connectivity index (χ4n) is 8.54. The number of ether oxygens (including phenoxy) is 1. The highest BCUT2D eigenvalue weighted by Crippen LogP contribution is 2.66. The van der Waals surface area contributed by atoms with E-state index in [1.165, 1.54) is 31.4 Å². The van der Waals surface area contributed by atoms with Gasteiger partial charge in [-0.05, 0) is 109 Å². The van der Waals surface area contributed by atoms with E-state index in [0.717, 1.165) is 27.6 Å². The Morgan fingerprint density at radius 1 is 0.821 bits per heavy atom. The second-order valence-corrected chi connectivity index (χ2v) is 16.1. The number of hydrogen-bond donors (Lipinski definition) is 1. The lowest BCUT2D eigenvalue weighted by atomic mass is 9.56. The monoisotopic (exact) mass is 815 g/mol. The summed E-state index contributed by atoms with van der Waals surface area (Å²) in [5.74, 6) is -7.41. The van der Waals surface area contributed by atoms with Crippen LogP contribution in [0.1, 0.15) is 24.3 Å². The van der Waals surface area contributed by atoms with Crippen LogP contribution in [0.3, 0.4) is 0 Å². The first-order chi connectivity index (χ1) is 26.7. The Balaban J connectivity index is 1.17. The van der Waals surface area contributed by atoms with Gasteiger partial charge in [0, 0.05) is 25.7 Å². The number of methoxy groups -OCH3 is 1.